The van der Waals surface area contributed by atoms with Gasteiger partial charge in [0, 0.05) is 0 Å². The summed E-state index contributed by atoms with van der Waals surface area (Å²) >= 11 is 1.64. The van der Waals surface area contributed by atoms with Crippen LogP contribution in [0.4, 0.5) is 13.2 Å². The van der Waals surface area contributed by atoms with Gasteiger partial charge in [0.25, 0.3) is 0 Å². The van der Waals surface area contributed by atoms with Crippen LogP contribution in [0.5, 0.6) is 0 Å². The topological polar surface area (TPSA) is 12.4 Å². The lowest BCUT2D eigenvalue weighted by Gasteiger charge is -2.04. The van der Waals surface area contributed by atoms with Crippen LogP contribution in [0, 0.1) is 0 Å². The van der Waals surface area contributed by atoms with E-state index in [-0.39, 0.29) is 0 Å². The van der Waals surface area contributed by atoms with Gasteiger partial charge in [-0.2, -0.15) is 13.2 Å². The molecule has 0 spiro atoms. The Kier molecular flexibility index (Phi) is 5.19. The first kappa shape index (κ1) is 11.7. The van der Waals surface area contributed by atoms with Gasteiger partial charge in [0.05, 0.1) is 4.22 Å². The molecule has 0 atom stereocenters. The first-order chi connectivity index (χ1) is 5.52. The van der Waals surface area contributed by atoms with E-state index in [4.69, 9.17) is 0 Å². The van der Waals surface area contributed by atoms with E-state index < -0.39 is 11.9 Å². The molecule has 0 aliphatic rings. The molecule has 68 valence electrons. The molecule has 0 rings (SSSR count). The number of hydrogen-bond acceptors (Lipinski definition) is 1. The van der Waals surface area contributed by atoms with Crippen molar-refractivity contribution in [2.24, 2.45) is 4.99 Å². The van der Waals surface area contributed by atoms with Crippen molar-refractivity contribution in [2.75, 3.05) is 0 Å². The van der Waals surface area contributed by atoms with Gasteiger partial charge < -0.3 is 0 Å². The molecule has 5 heteroatoms. The molecule has 0 aromatic rings. The van der Waals surface area contributed by atoms with Crippen LogP contribution >= 0.6 is 22.6 Å². The summed E-state index contributed by atoms with van der Waals surface area (Å²) in [5.74, 6) is 0. The van der Waals surface area contributed by atoms with Gasteiger partial charge >= 0.3 is 6.18 Å². The van der Waals surface area contributed by atoms with E-state index in [2.05, 4.69) is 4.99 Å². The largest absolute Gasteiger partial charge is 0.433 e. The van der Waals surface area contributed by atoms with Gasteiger partial charge in [-0.1, -0.05) is 12.2 Å². The highest BCUT2D eigenvalue weighted by atomic mass is 127. The van der Waals surface area contributed by atoms with Crippen LogP contribution < -0.4 is 0 Å². The number of hydrogen-bond donors (Lipinski definition) is 0. The first-order valence-electron chi connectivity index (χ1n) is 3.05. The predicted octanol–water partition coefficient (Wildman–Crippen LogP) is 3.47. The summed E-state index contributed by atoms with van der Waals surface area (Å²) in [7, 11) is 0. The van der Waals surface area contributed by atoms with Gasteiger partial charge in [0.15, 0.2) is 0 Å². The van der Waals surface area contributed by atoms with E-state index in [1.807, 2.05) is 0 Å². The lowest BCUT2D eigenvalue weighted by atomic mass is 10.3. The molecule has 0 aromatic heterocycles. The molecule has 0 aromatic carbocycles. The molecular weight excluding hydrogens is 282 g/mol. The third-order valence-corrected chi connectivity index (χ3v) is 1.20. The summed E-state index contributed by atoms with van der Waals surface area (Å²) < 4.78 is 37.1. The maximum atomic E-state index is 12.0. The fraction of sp³-hybridized carbons (Fsp3) is 0.286. The second kappa shape index (κ2) is 5.34. The van der Waals surface area contributed by atoms with Crippen molar-refractivity contribution in [3.05, 3.63) is 23.9 Å². The third kappa shape index (κ3) is 4.53. The Morgan fingerprint density at radius 1 is 1.42 bits per heavy atom. The highest BCUT2D eigenvalue weighted by Crippen LogP contribution is 2.26. The maximum absolute atomic E-state index is 12.0. The van der Waals surface area contributed by atoms with E-state index >= 15 is 0 Å². The Morgan fingerprint density at radius 3 is 2.33 bits per heavy atom. The third-order valence-electron chi connectivity index (χ3n) is 0.925. The van der Waals surface area contributed by atoms with Gasteiger partial charge in [-0.3, -0.25) is 0 Å². The molecule has 12 heavy (non-hydrogen) atoms. The van der Waals surface area contributed by atoms with Gasteiger partial charge in [0.1, 0.15) is 5.70 Å². The van der Waals surface area contributed by atoms with Crippen LogP contribution in [-0.2, 0) is 0 Å². The summed E-state index contributed by atoms with van der Waals surface area (Å²) in [4.78, 5) is 3.18. The number of allylic oxidation sites excluding steroid dienone is 4. The molecular formula is C7H7F3IN. The number of rotatable bonds is 2. The second-order valence-electron chi connectivity index (χ2n) is 1.80. The van der Waals surface area contributed by atoms with Crippen LogP contribution in [0.3, 0.4) is 0 Å². The molecule has 0 aliphatic heterocycles. The minimum absolute atomic E-state index is 0.894. The lowest BCUT2D eigenvalue weighted by molar-refractivity contribution is -0.0922. The molecule has 0 bridgehead atoms. The van der Waals surface area contributed by atoms with E-state index in [0.717, 1.165) is 10.3 Å². The van der Waals surface area contributed by atoms with Gasteiger partial charge in [-0.15, -0.1) is 0 Å². The standard InChI is InChI=1S/C7H7F3IN/c1-2-3-4-6(12-5-11)7(8,9)10/h2-5H,1H3/b3-2+,6-4-,12-5?. The Hall–Kier alpha value is -0.330. The molecule has 0 N–H and O–H groups in total. The normalized spacial score (nSPS) is 14.9. The average molecular weight is 289 g/mol. The van der Waals surface area contributed by atoms with Crippen molar-refractivity contribution in [3.8, 4) is 0 Å². The summed E-state index contributed by atoms with van der Waals surface area (Å²) in [6.45, 7) is 1.64. The van der Waals surface area contributed by atoms with Crippen LogP contribution in [0.2, 0.25) is 0 Å². The van der Waals surface area contributed by atoms with Gasteiger partial charge in [0.2, 0.25) is 0 Å². The van der Waals surface area contributed by atoms with Gasteiger partial charge in [-0.05, 0) is 35.6 Å². The van der Waals surface area contributed by atoms with Crippen molar-refractivity contribution >= 4 is 26.8 Å². The zero-order chi connectivity index (χ0) is 9.61. The highest BCUT2D eigenvalue weighted by molar-refractivity contribution is 14.1. The fourth-order valence-electron chi connectivity index (χ4n) is 0.451. The molecule has 0 heterocycles. The monoisotopic (exact) mass is 289 g/mol. The van der Waals surface area contributed by atoms with E-state index in [9.17, 15) is 13.2 Å². The second-order valence-corrected chi connectivity index (χ2v) is 2.36. The van der Waals surface area contributed by atoms with Gasteiger partial charge in [-0.25, -0.2) is 4.99 Å². The zero-order valence-corrected chi connectivity index (χ0v) is 8.43. The first-order valence-corrected chi connectivity index (χ1v) is 4.30. The zero-order valence-electron chi connectivity index (χ0n) is 6.27. The molecule has 0 saturated heterocycles. The minimum atomic E-state index is -4.37. The van der Waals surface area contributed by atoms with Crippen molar-refractivity contribution in [1.29, 1.82) is 0 Å². The Labute approximate surface area is 82.2 Å². The number of aliphatic imine (C=N–C) groups is 1. The quantitative estimate of drug-likeness (QED) is 0.419. The molecule has 0 aliphatic carbocycles. The van der Waals surface area contributed by atoms with Crippen LogP contribution in [0.1, 0.15) is 6.92 Å². The van der Waals surface area contributed by atoms with E-state index in [1.165, 1.54) is 12.2 Å². The van der Waals surface area contributed by atoms with Crippen LogP contribution in [0.15, 0.2) is 28.9 Å². The van der Waals surface area contributed by atoms with E-state index in [1.54, 1.807) is 29.5 Å². The van der Waals surface area contributed by atoms with Crippen LogP contribution in [0.25, 0.3) is 0 Å². The SMILES string of the molecule is C/C=C/C=C(\N=CI)C(F)(F)F. The molecule has 0 amide bonds. The lowest BCUT2D eigenvalue weighted by Crippen LogP contribution is -2.09. The smallest absolute Gasteiger partial charge is 0.245 e. The van der Waals surface area contributed by atoms with Crippen molar-refractivity contribution in [3.63, 3.8) is 0 Å². The minimum Gasteiger partial charge on any atom is -0.245 e. The molecule has 0 fully saturated rings. The fourth-order valence-corrected chi connectivity index (χ4v) is 0.751. The summed E-state index contributed by atoms with van der Waals surface area (Å²) in [5, 5.41) is 0. The molecule has 0 radical (unpaired) electrons. The Balaban J connectivity index is 4.67. The maximum Gasteiger partial charge on any atom is 0.433 e. The Bertz CT molecular complexity index is 215. The average Bonchev–Trinajstić information content (AvgIpc) is 1.95. The van der Waals surface area contributed by atoms with Crippen molar-refractivity contribution < 1.29 is 13.2 Å². The predicted molar refractivity (Wildman–Crippen MR) is 51.5 cm³/mol. The van der Waals surface area contributed by atoms with Crippen LogP contribution in [-0.4, -0.2) is 10.4 Å². The summed E-state index contributed by atoms with van der Waals surface area (Å²) in [5.41, 5.74) is -0.894. The van der Waals surface area contributed by atoms with E-state index in [0.29, 0.717) is 0 Å². The number of alkyl halides is 3. The van der Waals surface area contributed by atoms with Crippen molar-refractivity contribution in [2.45, 2.75) is 13.1 Å². The summed E-state index contributed by atoms with van der Waals surface area (Å²) in [6, 6.07) is 0. The number of halogens is 4. The summed E-state index contributed by atoms with van der Waals surface area (Å²) in [6.07, 6.45) is -0.642. The number of nitrogens with zero attached hydrogens (tertiary/aromatic N) is 1. The Morgan fingerprint density at radius 2 is 2.00 bits per heavy atom. The highest BCUT2D eigenvalue weighted by Gasteiger charge is 2.32. The van der Waals surface area contributed by atoms with Crippen molar-refractivity contribution in [1.82, 2.24) is 0 Å². The molecule has 1 nitrogen and oxygen atoms in total. The molecule has 0 unspecified atom stereocenters. The molecule has 0 saturated carbocycles.